The third-order valence-electron chi connectivity index (χ3n) is 4.07. The van der Waals surface area contributed by atoms with Crippen molar-refractivity contribution in [3.05, 3.63) is 34.4 Å². The minimum Gasteiger partial charge on any atom is -0.491 e. The smallest absolute Gasteiger partial charge is 0.237 e. The van der Waals surface area contributed by atoms with Gasteiger partial charge in [0.15, 0.2) is 0 Å². The van der Waals surface area contributed by atoms with Crippen LogP contribution in [0.4, 0.5) is 0 Å². The molecule has 0 spiro atoms. The Hall–Kier alpha value is -1.94. The molecule has 0 fully saturated rings. The first-order valence-electron chi connectivity index (χ1n) is 8.10. The topological polar surface area (TPSA) is 46.6 Å². The highest BCUT2D eigenvalue weighted by molar-refractivity contribution is 6.52. The van der Waals surface area contributed by atoms with Crippen LogP contribution in [0.1, 0.15) is 42.3 Å². The molecule has 23 heavy (non-hydrogen) atoms. The van der Waals surface area contributed by atoms with Gasteiger partial charge in [-0.1, -0.05) is 32.9 Å². The van der Waals surface area contributed by atoms with E-state index in [1.165, 1.54) is 0 Å². The molecule has 0 aliphatic heterocycles. The van der Waals surface area contributed by atoms with E-state index in [1.807, 2.05) is 58.0 Å². The van der Waals surface area contributed by atoms with E-state index in [2.05, 4.69) is 0 Å². The number of carbonyl (C=O) groups is 2. The lowest BCUT2D eigenvalue weighted by Gasteiger charge is -2.22. The van der Waals surface area contributed by atoms with Crippen molar-refractivity contribution in [2.75, 3.05) is 27.2 Å². The van der Waals surface area contributed by atoms with Crippen LogP contribution in [0.25, 0.3) is 6.08 Å². The molecule has 0 unspecified atom stereocenters. The molecule has 0 saturated carbocycles. The van der Waals surface area contributed by atoms with Crippen LogP contribution in [-0.2, 0) is 11.2 Å². The van der Waals surface area contributed by atoms with E-state index in [4.69, 9.17) is 4.74 Å². The van der Waals surface area contributed by atoms with Crippen LogP contribution in [0.2, 0.25) is 0 Å². The van der Waals surface area contributed by atoms with Crippen LogP contribution in [0.15, 0.2) is 17.7 Å². The van der Waals surface area contributed by atoms with E-state index in [0.29, 0.717) is 23.5 Å². The molecule has 0 atom stereocenters. The van der Waals surface area contributed by atoms with Crippen molar-refractivity contribution in [1.82, 2.24) is 4.90 Å². The molecular weight excluding hydrogens is 290 g/mol. The zero-order chi connectivity index (χ0) is 17.1. The number of carbonyl (C=O) groups excluding carboxylic acids is 2. The van der Waals surface area contributed by atoms with Crippen LogP contribution in [0.3, 0.4) is 0 Å². The Kier molecular flexibility index (Phi) is 5.37. The first-order valence-corrected chi connectivity index (χ1v) is 8.10. The molecule has 0 radical (unpaired) electrons. The van der Waals surface area contributed by atoms with Gasteiger partial charge in [0.1, 0.15) is 12.4 Å². The number of ketones is 2. The summed E-state index contributed by atoms with van der Waals surface area (Å²) in [6.07, 6.45) is 2.59. The minimum absolute atomic E-state index is 0.0311. The van der Waals surface area contributed by atoms with E-state index in [0.717, 1.165) is 24.1 Å². The van der Waals surface area contributed by atoms with Crippen LogP contribution in [0.5, 0.6) is 5.75 Å². The highest BCUT2D eigenvalue weighted by Gasteiger charge is 2.32. The maximum absolute atomic E-state index is 12.6. The van der Waals surface area contributed by atoms with Crippen LogP contribution >= 0.6 is 0 Å². The molecule has 4 heteroatoms. The summed E-state index contributed by atoms with van der Waals surface area (Å²) in [6.45, 7) is 7.11. The molecule has 2 rings (SSSR count). The number of fused-ring (bicyclic) bond motifs is 1. The summed E-state index contributed by atoms with van der Waals surface area (Å²) in [6, 6.07) is 3.90. The zero-order valence-corrected chi connectivity index (χ0v) is 14.6. The summed E-state index contributed by atoms with van der Waals surface area (Å²) in [5.41, 5.74) is 2.75. The number of benzene rings is 1. The molecule has 0 aromatic heterocycles. The number of allylic oxidation sites excluding steroid dienone is 1. The van der Waals surface area contributed by atoms with E-state index < -0.39 is 11.6 Å². The van der Waals surface area contributed by atoms with Crippen molar-refractivity contribution < 1.29 is 14.3 Å². The number of rotatable bonds is 6. The fourth-order valence-electron chi connectivity index (χ4n) is 2.68. The second kappa shape index (κ2) is 7.09. The Morgan fingerprint density at radius 1 is 1.13 bits per heavy atom. The molecule has 0 amide bonds. The van der Waals surface area contributed by atoms with Gasteiger partial charge in [0.25, 0.3) is 0 Å². The summed E-state index contributed by atoms with van der Waals surface area (Å²) < 4.78 is 5.91. The highest BCUT2D eigenvalue weighted by Crippen LogP contribution is 2.35. The normalized spacial score (nSPS) is 14.3. The Labute approximate surface area is 138 Å². The summed E-state index contributed by atoms with van der Waals surface area (Å²) in [4.78, 5) is 27.0. The monoisotopic (exact) mass is 315 g/mol. The van der Waals surface area contributed by atoms with Crippen LogP contribution < -0.4 is 4.74 Å². The van der Waals surface area contributed by atoms with Crippen molar-refractivity contribution in [3.8, 4) is 5.75 Å². The number of likely N-dealkylation sites (N-methyl/N-ethyl adjacent to an activating group) is 1. The predicted molar refractivity (Wildman–Crippen MR) is 92.0 cm³/mol. The minimum atomic E-state index is -0.443. The van der Waals surface area contributed by atoms with E-state index in [1.54, 1.807) is 0 Å². The molecule has 4 nitrogen and oxygen atoms in total. The molecule has 124 valence electrons. The molecular formula is C19H25NO3. The Bertz CT molecular complexity index is 657. The molecule has 1 aliphatic carbocycles. The van der Waals surface area contributed by atoms with Crippen molar-refractivity contribution in [3.63, 3.8) is 0 Å². The SMILES string of the molecule is CCc1ccc2c(c1OCCN(C)C)C(=O)C(=O)C(C(C)C)=C2. The Morgan fingerprint density at radius 2 is 1.83 bits per heavy atom. The van der Waals surface area contributed by atoms with Crippen molar-refractivity contribution >= 4 is 17.6 Å². The first kappa shape index (κ1) is 17.4. The van der Waals surface area contributed by atoms with Crippen molar-refractivity contribution in [2.45, 2.75) is 27.2 Å². The number of nitrogens with zero attached hydrogens (tertiary/aromatic N) is 1. The quantitative estimate of drug-likeness (QED) is 0.757. The van der Waals surface area contributed by atoms with Crippen molar-refractivity contribution in [2.24, 2.45) is 5.92 Å². The van der Waals surface area contributed by atoms with Crippen molar-refractivity contribution in [1.29, 1.82) is 0 Å². The third-order valence-corrected chi connectivity index (χ3v) is 4.07. The Morgan fingerprint density at radius 3 is 2.39 bits per heavy atom. The fourth-order valence-corrected chi connectivity index (χ4v) is 2.68. The lowest BCUT2D eigenvalue weighted by Crippen LogP contribution is -2.26. The van der Waals surface area contributed by atoms with Gasteiger partial charge < -0.3 is 9.64 Å². The summed E-state index contributed by atoms with van der Waals surface area (Å²) in [5.74, 6) is -0.243. The molecule has 0 bridgehead atoms. The maximum atomic E-state index is 12.6. The standard InChI is InChI=1S/C19H25NO3/c1-6-13-7-8-14-11-15(12(2)3)17(21)18(22)16(14)19(13)23-10-9-20(4)5/h7-8,11-12H,6,9-10H2,1-5H3. The van der Waals surface area contributed by atoms with Gasteiger partial charge >= 0.3 is 0 Å². The summed E-state index contributed by atoms with van der Waals surface area (Å²) in [7, 11) is 3.94. The third kappa shape index (κ3) is 3.53. The molecule has 0 saturated heterocycles. The van der Waals surface area contributed by atoms with Crippen LogP contribution in [-0.4, -0.2) is 43.7 Å². The van der Waals surface area contributed by atoms with Crippen LogP contribution in [0, 0.1) is 5.92 Å². The van der Waals surface area contributed by atoms with Gasteiger partial charge in [0.05, 0.1) is 5.56 Å². The average molecular weight is 315 g/mol. The second-order valence-electron chi connectivity index (χ2n) is 6.44. The van der Waals surface area contributed by atoms with Gasteiger partial charge in [0, 0.05) is 12.1 Å². The highest BCUT2D eigenvalue weighted by atomic mass is 16.5. The molecule has 0 heterocycles. The first-order chi connectivity index (χ1) is 10.9. The number of Topliss-reactive ketones (excluding diaryl/α,β-unsaturated/α-hetero) is 2. The molecule has 1 aliphatic rings. The number of ether oxygens (including phenoxy) is 1. The predicted octanol–water partition coefficient (Wildman–Crippen LogP) is 2.99. The lowest BCUT2D eigenvalue weighted by atomic mass is 9.83. The summed E-state index contributed by atoms with van der Waals surface area (Å²) in [5, 5.41) is 0. The fraction of sp³-hybridized carbons (Fsp3) is 0.474. The van der Waals surface area contributed by atoms with Gasteiger partial charge in [-0.2, -0.15) is 0 Å². The van der Waals surface area contributed by atoms with Gasteiger partial charge in [0.2, 0.25) is 11.6 Å². The van der Waals surface area contributed by atoms with Gasteiger partial charge in [-0.05, 0) is 43.6 Å². The van der Waals surface area contributed by atoms with Gasteiger partial charge in [-0.25, -0.2) is 0 Å². The number of aryl methyl sites for hydroxylation is 1. The second-order valence-corrected chi connectivity index (χ2v) is 6.44. The summed E-state index contributed by atoms with van der Waals surface area (Å²) >= 11 is 0. The zero-order valence-electron chi connectivity index (χ0n) is 14.6. The average Bonchev–Trinajstić information content (AvgIpc) is 2.49. The Balaban J connectivity index is 2.49. The molecule has 0 N–H and O–H groups in total. The largest absolute Gasteiger partial charge is 0.491 e. The maximum Gasteiger partial charge on any atom is 0.237 e. The lowest BCUT2D eigenvalue weighted by molar-refractivity contribution is -0.112. The van der Waals surface area contributed by atoms with E-state index >= 15 is 0 Å². The molecule has 1 aromatic carbocycles. The number of hydrogen-bond acceptors (Lipinski definition) is 4. The van der Waals surface area contributed by atoms with E-state index in [9.17, 15) is 9.59 Å². The van der Waals surface area contributed by atoms with Gasteiger partial charge in [-0.3, -0.25) is 9.59 Å². The number of hydrogen-bond donors (Lipinski definition) is 0. The molecule has 1 aromatic rings. The van der Waals surface area contributed by atoms with E-state index in [-0.39, 0.29) is 5.92 Å². The van der Waals surface area contributed by atoms with Gasteiger partial charge in [-0.15, -0.1) is 0 Å².